The summed E-state index contributed by atoms with van der Waals surface area (Å²) >= 11 is 0. The minimum atomic E-state index is -5.09. The molecule has 2 N–H and O–H groups in total. The maximum Gasteiger partial charge on any atom is 0.416 e. The third kappa shape index (κ3) is 8.05. The molecule has 52 heavy (non-hydrogen) atoms. The van der Waals surface area contributed by atoms with Gasteiger partial charge in [-0.15, -0.1) is 0 Å². The monoisotopic (exact) mass is 726 g/mol. The summed E-state index contributed by atoms with van der Waals surface area (Å²) in [4.78, 5) is 29.3. The Morgan fingerprint density at radius 2 is 1.67 bits per heavy atom. The number of carboxylic acid groups (broad SMARTS) is 1. The van der Waals surface area contributed by atoms with Crippen molar-refractivity contribution in [2.45, 2.75) is 63.2 Å². The summed E-state index contributed by atoms with van der Waals surface area (Å²) in [6.45, 7) is 3.93. The van der Waals surface area contributed by atoms with Gasteiger partial charge in [0, 0.05) is 49.7 Å². The second kappa shape index (κ2) is 14.9. The van der Waals surface area contributed by atoms with Gasteiger partial charge in [0.05, 0.1) is 41.7 Å². The first-order valence-corrected chi connectivity index (χ1v) is 16.6. The molecular weight excluding hydrogens is 690 g/mol. The second-order valence-corrected chi connectivity index (χ2v) is 12.7. The SMILES string of the molecule is CC[C@@H]1C[C@H](NC(c2cc(C(F)(F)F)cc(C(F)(F)F)c2)c2ncc(C3=CCCN(Cc4ccccc4)C3)cn2)c2nc(OC)ccc2N1C(=O)O. The van der Waals surface area contributed by atoms with Crippen LogP contribution in [0.3, 0.4) is 0 Å². The zero-order valence-electron chi connectivity index (χ0n) is 28.2. The molecule has 2 aliphatic rings. The molecule has 0 aliphatic carbocycles. The van der Waals surface area contributed by atoms with Crippen molar-refractivity contribution >= 4 is 17.4 Å². The van der Waals surface area contributed by atoms with Gasteiger partial charge in [-0.1, -0.05) is 43.3 Å². The van der Waals surface area contributed by atoms with E-state index in [4.69, 9.17) is 4.74 Å². The lowest BCUT2D eigenvalue weighted by molar-refractivity contribution is -0.143. The summed E-state index contributed by atoms with van der Waals surface area (Å²) < 4.78 is 89.7. The largest absolute Gasteiger partial charge is 0.481 e. The molecule has 0 spiro atoms. The smallest absolute Gasteiger partial charge is 0.416 e. The predicted molar refractivity (Wildman–Crippen MR) is 180 cm³/mol. The van der Waals surface area contributed by atoms with Crippen LogP contribution in [0.5, 0.6) is 5.88 Å². The molecular formula is C37H36F6N6O3. The van der Waals surface area contributed by atoms with E-state index in [-0.39, 0.29) is 41.1 Å². The summed E-state index contributed by atoms with van der Waals surface area (Å²) in [7, 11) is 1.37. The van der Waals surface area contributed by atoms with Gasteiger partial charge in [-0.05, 0) is 60.2 Å². The number of amides is 1. The zero-order chi connectivity index (χ0) is 37.2. The Bertz CT molecular complexity index is 1890. The van der Waals surface area contributed by atoms with Gasteiger partial charge in [0.2, 0.25) is 5.88 Å². The number of ether oxygens (including phenoxy) is 1. The first-order chi connectivity index (χ1) is 24.7. The van der Waals surface area contributed by atoms with Gasteiger partial charge in [0.1, 0.15) is 5.82 Å². The Morgan fingerprint density at radius 3 is 2.27 bits per heavy atom. The van der Waals surface area contributed by atoms with Gasteiger partial charge >= 0.3 is 18.4 Å². The van der Waals surface area contributed by atoms with Crippen LogP contribution >= 0.6 is 0 Å². The first-order valence-electron chi connectivity index (χ1n) is 16.6. The molecule has 6 rings (SSSR count). The number of benzene rings is 2. The Hall–Kier alpha value is -5.02. The van der Waals surface area contributed by atoms with Crippen molar-refractivity contribution in [1.29, 1.82) is 0 Å². The standard InChI is InChI=1S/C37H36F6N6O3/c1-3-28-17-29(33-30(49(28)35(50)51)11-12-31(47-33)52-2)46-32(24-14-26(36(38,39)40)16-27(15-24)37(41,42)43)34-44-18-25(19-45-34)23-10-7-13-48(21-23)20-22-8-5-4-6-9-22/h4-6,8-12,14-16,18-19,28-29,32,46H,3,7,13,17,20-21H2,1-2H3,(H,50,51)/t28-,29+,32?/m1/s1. The zero-order valence-corrected chi connectivity index (χ0v) is 28.2. The van der Waals surface area contributed by atoms with Crippen LogP contribution in [-0.4, -0.2) is 57.3 Å². The molecule has 1 unspecified atom stereocenters. The fraction of sp³-hybridized carbons (Fsp3) is 0.351. The number of rotatable bonds is 9. The topological polar surface area (TPSA) is 104 Å². The van der Waals surface area contributed by atoms with E-state index in [1.54, 1.807) is 6.92 Å². The highest BCUT2D eigenvalue weighted by molar-refractivity contribution is 5.88. The van der Waals surface area contributed by atoms with E-state index in [9.17, 15) is 36.2 Å². The number of halogens is 6. The number of aromatic nitrogens is 3. The highest BCUT2D eigenvalue weighted by atomic mass is 19.4. The van der Waals surface area contributed by atoms with Gasteiger partial charge < -0.3 is 9.84 Å². The van der Waals surface area contributed by atoms with Crippen LogP contribution in [-0.2, 0) is 18.9 Å². The number of nitrogens with zero attached hydrogens (tertiary/aromatic N) is 5. The van der Waals surface area contributed by atoms with Gasteiger partial charge in [-0.2, -0.15) is 26.3 Å². The summed E-state index contributed by atoms with van der Waals surface area (Å²) in [5, 5.41) is 13.3. The van der Waals surface area contributed by atoms with E-state index in [0.717, 1.165) is 35.5 Å². The van der Waals surface area contributed by atoms with E-state index in [1.807, 2.05) is 30.3 Å². The predicted octanol–water partition coefficient (Wildman–Crippen LogP) is 8.29. The second-order valence-electron chi connectivity index (χ2n) is 12.7. The molecule has 4 aromatic rings. The average molecular weight is 727 g/mol. The van der Waals surface area contributed by atoms with Crippen molar-refractivity contribution in [3.63, 3.8) is 0 Å². The third-order valence-corrected chi connectivity index (χ3v) is 9.32. The van der Waals surface area contributed by atoms with E-state index >= 15 is 0 Å². The molecule has 2 aromatic carbocycles. The van der Waals surface area contributed by atoms with Crippen molar-refractivity contribution in [2.24, 2.45) is 0 Å². The van der Waals surface area contributed by atoms with Crippen LogP contribution in [0.1, 0.15) is 77.6 Å². The highest BCUT2D eigenvalue weighted by Gasteiger charge is 2.41. The first kappa shape index (κ1) is 36.8. The van der Waals surface area contributed by atoms with Crippen molar-refractivity contribution in [3.05, 3.63) is 118 Å². The third-order valence-electron chi connectivity index (χ3n) is 9.32. The number of carbonyl (C=O) groups is 1. The minimum absolute atomic E-state index is 0.0709. The lowest BCUT2D eigenvalue weighted by Crippen LogP contribution is -2.47. The Balaban J connectivity index is 1.41. The Kier molecular flexibility index (Phi) is 10.5. The molecule has 2 aromatic heterocycles. The number of methoxy groups -OCH3 is 1. The molecule has 0 saturated heterocycles. The van der Waals surface area contributed by atoms with E-state index in [1.165, 1.54) is 31.6 Å². The summed E-state index contributed by atoms with van der Waals surface area (Å²) in [5.74, 6) is 0.0652. The number of anilines is 1. The molecule has 0 bridgehead atoms. The van der Waals surface area contributed by atoms with Crippen LogP contribution < -0.4 is 15.0 Å². The van der Waals surface area contributed by atoms with Crippen molar-refractivity contribution < 1.29 is 41.0 Å². The molecule has 2 aliphatic heterocycles. The minimum Gasteiger partial charge on any atom is -0.481 e. The average Bonchev–Trinajstić information content (AvgIpc) is 3.12. The number of alkyl halides is 6. The molecule has 3 atom stereocenters. The lowest BCUT2D eigenvalue weighted by Gasteiger charge is -2.39. The number of fused-ring (bicyclic) bond motifs is 1. The summed E-state index contributed by atoms with van der Waals surface area (Å²) in [6, 6.07) is 11.5. The van der Waals surface area contributed by atoms with Crippen LogP contribution in [0.4, 0.5) is 36.8 Å². The van der Waals surface area contributed by atoms with E-state index in [0.29, 0.717) is 30.7 Å². The van der Waals surface area contributed by atoms with Gasteiger partial charge in [0.15, 0.2) is 0 Å². The van der Waals surface area contributed by atoms with Gasteiger partial charge in [0.25, 0.3) is 0 Å². The molecule has 1 amide bonds. The number of pyridine rings is 1. The summed E-state index contributed by atoms with van der Waals surface area (Å²) in [6.07, 6.45) is -5.09. The fourth-order valence-corrected chi connectivity index (χ4v) is 6.78. The van der Waals surface area contributed by atoms with E-state index in [2.05, 4.69) is 31.2 Å². The summed E-state index contributed by atoms with van der Waals surface area (Å²) in [5.41, 5.74) is -0.189. The van der Waals surface area contributed by atoms with Crippen molar-refractivity contribution in [1.82, 2.24) is 25.2 Å². The normalized spacial score (nSPS) is 18.8. The van der Waals surface area contributed by atoms with Crippen molar-refractivity contribution in [3.8, 4) is 5.88 Å². The van der Waals surface area contributed by atoms with Crippen LogP contribution in [0.2, 0.25) is 0 Å². The maximum atomic E-state index is 14.1. The van der Waals surface area contributed by atoms with Crippen molar-refractivity contribution in [2.75, 3.05) is 25.1 Å². The van der Waals surface area contributed by atoms with Crippen LogP contribution in [0, 0.1) is 0 Å². The quantitative estimate of drug-likeness (QED) is 0.166. The molecule has 9 nitrogen and oxygen atoms in total. The van der Waals surface area contributed by atoms with Crippen LogP contribution in [0.15, 0.2) is 79.1 Å². The Morgan fingerprint density at radius 1 is 1.00 bits per heavy atom. The van der Waals surface area contributed by atoms with E-state index < -0.39 is 47.7 Å². The molecule has 4 heterocycles. The van der Waals surface area contributed by atoms with Gasteiger partial charge in [-0.25, -0.2) is 19.7 Å². The fourth-order valence-electron chi connectivity index (χ4n) is 6.78. The molecule has 0 saturated carbocycles. The van der Waals surface area contributed by atoms with Crippen LogP contribution in [0.25, 0.3) is 5.57 Å². The maximum absolute atomic E-state index is 14.1. The molecule has 0 fully saturated rings. The number of hydrogen-bond acceptors (Lipinski definition) is 7. The van der Waals surface area contributed by atoms with Gasteiger partial charge in [-0.3, -0.25) is 15.1 Å². The number of nitrogens with one attached hydrogen (secondary N) is 1. The number of hydrogen-bond donors (Lipinski definition) is 2. The molecule has 274 valence electrons. The Labute approximate surface area is 296 Å². The molecule has 0 radical (unpaired) electrons. The highest BCUT2D eigenvalue weighted by Crippen LogP contribution is 2.42. The lowest BCUT2D eigenvalue weighted by atomic mass is 9.91. The molecule has 15 heteroatoms.